The molecule has 0 bridgehead atoms. The number of fused-ring (bicyclic) bond motifs is 1. The Kier molecular flexibility index (Phi) is 5.18. The molecule has 2 aliphatic rings. The van der Waals surface area contributed by atoms with Crippen LogP contribution < -0.4 is 19.5 Å². The van der Waals surface area contributed by atoms with Crippen molar-refractivity contribution in [2.24, 2.45) is 0 Å². The number of carbonyl (C=O) groups excluding carboxylic acids is 2. The zero-order chi connectivity index (χ0) is 22.9. The van der Waals surface area contributed by atoms with Gasteiger partial charge in [0.25, 0.3) is 11.8 Å². The summed E-state index contributed by atoms with van der Waals surface area (Å²) in [6.07, 6.45) is 0. The molecule has 2 amide bonds. The normalized spacial score (nSPS) is 14.8. The maximum Gasteiger partial charge on any atom is 0.278 e. The van der Waals surface area contributed by atoms with Crippen molar-refractivity contribution >= 4 is 23.1 Å². The summed E-state index contributed by atoms with van der Waals surface area (Å²) in [5.41, 5.74) is 2.06. The lowest BCUT2D eigenvalue weighted by Crippen LogP contribution is -2.32. The second-order valence-corrected chi connectivity index (χ2v) is 7.49. The molecule has 166 valence electrons. The Morgan fingerprint density at radius 3 is 2.39 bits per heavy atom. The van der Waals surface area contributed by atoms with Crippen LogP contribution in [-0.4, -0.2) is 30.6 Å². The van der Waals surface area contributed by atoms with E-state index in [4.69, 9.17) is 14.2 Å². The van der Waals surface area contributed by atoms with E-state index in [-0.39, 0.29) is 24.6 Å². The van der Waals surface area contributed by atoms with Gasteiger partial charge in [-0.05, 0) is 59.7 Å². The number of carbonyl (C=O) groups is 2. The maximum absolute atomic E-state index is 13.5. The Hall–Kier alpha value is -4.33. The lowest BCUT2D eigenvalue weighted by Gasteiger charge is -2.16. The molecule has 0 atom stereocenters. The molecule has 33 heavy (non-hydrogen) atoms. The zero-order valence-electron chi connectivity index (χ0n) is 17.6. The second-order valence-electron chi connectivity index (χ2n) is 7.49. The summed E-state index contributed by atoms with van der Waals surface area (Å²) in [6.45, 7) is 0.180. The first-order chi connectivity index (χ1) is 16.0. The van der Waals surface area contributed by atoms with E-state index in [9.17, 15) is 14.0 Å². The van der Waals surface area contributed by atoms with Crippen molar-refractivity contribution in [3.05, 3.63) is 89.4 Å². The third kappa shape index (κ3) is 3.87. The van der Waals surface area contributed by atoms with Crippen molar-refractivity contribution in [3.63, 3.8) is 0 Å². The minimum absolute atomic E-state index is 0.0484. The number of nitrogens with zero attached hydrogens (tertiary/aromatic N) is 1. The Morgan fingerprint density at radius 2 is 1.67 bits per heavy atom. The fourth-order valence-corrected chi connectivity index (χ4v) is 3.76. The van der Waals surface area contributed by atoms with Gasteiger partial charge in [0.15, 0.2) is 11.5 Å². The Balaban J connectivity index is 1.49. The minimum Gasteiger partial charge on any atom is -0.497 e. The molecule has 2 aliphatic heterocycles. The van der Waals surface area contributed by atoms with E-state index >= 15 is 0 Å². The summed E-state index contributed by atoms with van der Waals surface area (Å²) in [7, 11) is 1.56. The summed E-state index contributed by atoms with van der Waals surface area (Å²) < 4.78 is 29.4. The van der Waals surface area contributed by atoms with Crippen LogP contribution in [0, 0.1) is 5.82 Å². The molecule has 0 unspecified atom stereocenters. The second kappa shape index (κ2) is 8.31. The number of methoxy groups -OCH3 is 1. The van der Waals surface area contributed by atoms with E-state index in [0.29, 0.717) is 34.1 Å². The van der Waals surface area contributed by atoms with Crippen LogP contribution in [0.2, 0.25) is 0 Å². The number of rotatable bonds is 6. The van der Waals surface area contributed by atoms with E-state index in [0.717, 1.165) is 4.90 Å². The number of ether oxygens (including phenoxy) is 3. The Morgan fingerprint density at radius 1 is 0.939 bits per heavy atom. The molecular formula is C25H19FN2O5. The predicted octanol–water partition coefficient (Wildman–Crippen LogP) is 3.96. The van der Waals surface area contributed by atoms with Crippen LogP contribution in [0.3, 0.4) is 0 Å². The molecule has 3 aromatic carbocycles. The maximum atomic E-state index is 13.5. The number of nitrogens with one attached hydrogen (secondary N) is 1. The highest BCUT2D eigenvalue weighted by Gasteiger charge is 2.39. The van der Waals surface area contributed by atoms with Gasteiger partial charge >= 0.3 is 0 Å². The number of imide groups is 1. The molecular weight excluding hydrogens is 427 g/mol. The lowest BCUT2D eigenvalue weighted by atomic mass is 10.0. The summed E-state index contributed by atoms with van der Waals surface area (Å²) in [5.74, 6) is 0.456. The number of amides is 2. The van der Waals surface area contributed by atoms with E-state index < -0.39 is 17.6 Å². The van der Waals surface area contributed by atoms with Crippen LogP contribution in [0.25, 0.3) is 5.57 Å². The van der Waals surface area contributed by atoms with E-state index in [1.165, 1.54) is 24.3 Å². The highest BCUT2D eigenvalue weighted by atomic mass is 19.1. The molecule has 5 rings (SSSR count). The molecule has 0 saturated carbocycles. The smallest absolute Gasteiger partial charge is 0.278 e. The van der Waals surface area contributed by atoms with Gasteiger partial charge in [0, 0.05) is 5.69 Å². The van der Waals surface area contributed by atoms with E-state index in [1.807, 2.05) is 0 Å². The molecule has 0 radical (unpaired) electrons. The third-order valence-electron chi connectivity index (χ3n) is 5.44. The molecule has 2 heterocycles. The van der Waals surface area contributed by atoms with Crippen molar-refractivity contribution in [2.45, 2.75) is 6.54 Å². The van der Waals surface area contributed by atoms with Gasteiger partial charge in [0.1, 0.15) is 17.3 Å². The van der Waals surface area contributed by atoms with Gasteiger partial charge in [-0.25, -0.2) is 4.39 Å². The van der Waals surface area contributed by atoms with Crippen LogP contribution in [0.5, 0.6) is 17.2 Å². The fraction of sp³-hybridized carbons (Fsp3) is 0.120. The average Bonchev–Trinajstić information content (AvgIpc) is 3.39. The van der Waals surface area contributed by atoms with Crippen molar-refractivity contribution < 1.29 is 28.2 Å². The standard InChI is InChI=1S/C25H19FN2O5/c1-31-19-9-7-18(8-10-19)27-23-22(16-3-5-17(26)6-4-16)24(29)28(25(23)30)13-15-2-11-20-21(12-15)33-14-32-20/h2-12,27H,13-14H2,1H3. The third-order valence-corrected chi connectivity index (χ3v) is 5.44. The Bertz CT molecular complexity index is 1270. The Labute approximate surface area is 189 Å². The first kappa shape index (κ1) is 20.6. The van der Waals surface area contributed by atoms with E-state index in [1.54, 1.807) is 49.6 Å². The van der Waals surface area contributed by atoms with Gasteiger partial charge in [0.2, 0.25) is 6.79 Å². The first-order valence-corrected chi connectivity index (χ1v) is 10.2. The van der Waals surface area contributed by atoms with Gasteiger partial charge in [0.05, 0.1) is 19.2 Å². The summed E-state index contributed by atoms with van der Waals surface area (Å²) in [6, 6.07) is 17.7. The van der Waals surface area contributed by atoms with Crippen molar-refractivity contribution in [3.8, 4) is 17.2 Å². The van der Waals surface area contributed by atoms with Gasteiger partial charge in [-0.2, -0.15) is 0 Å². The van der Waals surface area contributed by atoms with Crippen LogP contribution in [0.15, 0.2) is 72.4 Å². The van der Waals surface area contributed by atoms with Crippen molar-refractivity contribution in [1.82, 2.24) is 4.90 Å². The average molecular weight is 446 g/mol. The molecule has 3 aromatic rings. The number of anilines is 1. The quantitative estimate of drug-likeness (QED) is 0.578. The fourth-order valence-electron chi connectivity index (χ4n) is 3.76. The monoisotopic (exact) mass is 446 g/mol. The van der Waals surface area contributed by atoms with E-state index in [2.05, 4.69) is 5.32 Å². The molecule has 0 aromatic heterocycles. The molecule has 0 spiro atoms. The van der Waals surface area contributed by atoms with Gasteiger partial charge in [-0.15, -0.1) is 0 Å². The lowest BCUT2D eigenvalue weighted by molar-refractivity contribution is -0.137. The highest BCUT2D eigenvalue weighted by molar-refractivity contribution is 6.36. The summed E-state index contributed by atoms with van der Waals surface area (Å²) >= 11 is 0. The molecule has 0 fully saturated rings. The topological polar surface area (TPSA) is 77.1 Å². The molecule has 8 heteroatoms. The van der Waals surface area contributed by atoms with Crippen LogP contribution in [0.1, 0.15) is 11.1 Å². The van der Waals surface area contributed by atoms with Crippen LogP contribution >= 0.6 is 0 Å². The predicted molar refractivity (Wildman–Crippen MR) is 118 cm³/mol. The number of hydrogen-bond acceptors (Lipinski definition) is 6. The largest absolute Gasteiger partial charge is 0.497 e. The van der Waals surface area contributed by atoms with Gasteiger partial charge in [-0.3, -0.25) is 14.5 Å². The molecule has 7 nitrogen and oxygen atoms in total. The van der Waals surface area contributed by atoms with Gasteiger partial charge in [-0.1, -0.05) is 18.2 Å². The van der Waals surface area contributed by atoms with Crippen LogP contribution in [-0.2, 0) is 16.1 Å². The summed E-state index contributed by atoms with van der Waals surface area (Å²) in [5, 5.41) is 3.07. The number of benzene rings is 3. The highest BCUT2D eigenvalue weighted by Crippen LogP contribution is 2.35. The van der Waals surface area contributed by atoms with Gasteiger partial charge < -0.3 is 19.5 Å². The molecule has 0 saturated heterocycles. The van der Waals surface area contributed by atoms with Crippen molar-refractivity contribution in [1.29, 1.82) is 0 Å². The number of hydrogen-bond donors (Lipinski definition) is 1. The van der Waals surface area contributed by atoms with Crippen molar-refractivity contribution in [2.75, 3.05) is 19.2 Å². The zero-order valence-corrected chi connectivity index (χ0v) is 17.6. The number of halogens is 1. The minimum atomic E-state index is -0.479. The molecule has 1 N–H and O–H groups in total. The first-order valence-electron chi connectivity index (χ1n) is 10.2. The SMILES string of the molecule is COc1ccc(NC2=C(c3ccc(F)cc3)C(=O)N(Cc3ccc4c(c3)OCO4)C2=O)cc1. The van der Waals surface area contributed by atoms with Crippen LogP contribution in [0.4, 0.5) is 10.1 Å². The summed E-state index contributed by atoms with van der Waals surface area (Å²) in [4.78, 5) is 27.9. The molecule has 0 aliphatic carbocycles.